The molecule has 1 atom stereocenters. The maximum Gasteiger partial charge on any atom is 0.0707 e. The maximum atomic E-state index is 4.59. The molecule has 0 bridgehead atoms. The lowest BCUT2D eigenvalue weighted by molar-refractivity contribution is 0.300. The second-order valence-electron chi connectivity index (χ2n) is 4.22. The van der Waals surface area contributed by atoms with Gasteiger partial charge in [-0.15, -0.1) is 11.8 Å². The SMILES string of the molecule is CSC1=NCCC1C1CCCCC1. The lowest BCUT2D eigenvalue weighted by Gasteiger charge is -2.27. The van der Waals surface area contributed by atoms with Crippen LogP contribution in [0.2, 0.25) is 0 Å². The van der Waals surface area contributed by atoms with E-state index in [2.05, 4.69) is 11.2 Å². The fourth-order valence-corrected chi connectivity index (χ4v) is 3.58. The first-order chi connectivity index (χ1) is 6.42. The Balaban J connectivity index is 1.95. The van der Waals surface area contributed by atoms with Crippen LogP contribution in [0.15, 0.2) is 4.99 Å². The van der Waals surface area contributed by atoms with Crippen molar-refractivity contribution in [3.63, 3.8) is 0 Å². The summed E-state index contributed by atoms with van der Waals surface area (Å²) in [6.45, 7) is 1.09. The largest absolute Gasteiger partial charge is 0.283 e. The quantitative estimate of drug-likeness (QED) is 0.628. The van der Waals surface area contributed by atoms with E-state index in [1.54, 1.807) is 0 Å². The number of aliphatic imine (C=N–C) groups is 1. The van der Waals surface area contributed by atoms with Gasteiger partial charge in [-0.3, -0.25) is 4.99 Å². The highest BCUT2D eigenvalue weighted by Crippen LogP contribution is 2.36. The van der Waals surface area contributed by atoms with E-state index in [1.807, 2.05) is 11.8 Å². The molecule has 1 unspecified atom stereocenters. The molecule has 0 amide bonds. The van der Waals surface area contributed by atoms with Gasteiger partial charge >= 0.3 is 0 Å². The topological polar surface area (TPSA) is 12.4 Å². The van der Waals surface area contributed by atoms with Crippen molar-refractivity contribution in [3.8, 4) is 0 Å². The molecule has 0 spiro atoms. The Bertz CT molecular complexity index is 194. The normalized spacial score (nSPS) is 30.5. The standard InChI is InChI=1S/C11H19NS/c1-13-11-10(7-8-12-11)9-5-3-2-4-6-9/h9-10H,2-8H2,1H3. The average Bonchev–Trinajstić information content (AvgIpc) is 2.67. The third-order valence-corrected chi connectivity index (χ3v) is 4.30. The molecule has 2 rings (SSSR count). The van der Waals surface area contributed by atoms with Crippen molar-refractivity contribution in [2.45, 2.75) is 38.5 Å². The van der Waals surface area contributed by atoms with Crippen LogP contribution < -0.4 is 0 Å². The molecule has 0 saturated heterocycles. The molecular weight excluding hydrogens is 178 g/mol. The molecule has 0 aromatic rings. The Morgan fingerprint density at radius 2 is 1.92 bits per heavy atom. The van der Waals surface area contributed by atoms with Gasteiger partial charge in [0.05, 0.1) is 5.04 Å². The van der Waals surface area contributed by atoms with E-state index >= 15 is 0 Å². The van der Waals surface area contributed by atoms with Crippen molar-refractivity contribution in [2.75, 3.05) is 12.8 Å². The predicted molar refractivity (Wildman–Crippen MR) is 60.5 cm³/mol. The Labute approximate surface area is 85.4 Å². The molecule has 0 aromatic heterocycles. The van der Waals surface area contributed by atoms with Crippen LogP contribution >= 0.6 is 11.8 Å². The van der Waals surface area contributed by atoms with Crippen molar-refractivity contribution >= 4 is 16.8 Å². The van der Waals surface area contributed by atoms with Crippen molar-refractivity contribution in [1.82, 2.24) is 0 Å². The number of rotatable bonds is 1. The second kappa shape index (κ2) is 4.50. The van der Waals surface area contributed by atoms with Crippen LogP contribution in [0.25, 0.3) is 0 Å². The van der Waals surface area contributed by atoms with Gasteiger partial charge in [0.1, 0.15) is 0 Å². The smallest absolute Gasteiger partial charge is 0.0707 e. The van der Waals surface area contributed by atoms with E-state index in [0.29, 0.717) is 0 Å². The van der Waals surface area contributed by atoms with E-state index in [4.69, 9.17) is 0 Å². The molecule has 13 heavy (non-hydrogen) atoms. The van der Waals surface area contributed by atoms with Gasteiger partial charge in [-0.1, -0.05) is 19.3 Å². The summed E-state index contributed by atoms with van der Waals surface area (Å²) in [6.07, 6.45) is 10.8. The number of thioether (sulfide) groups is 1. The van der Waals surface area contributed by atoms with Crippen LogP contribution in [0.5, 0.6) is 0 Å². The monoisotopic (exact) mass is 197 g/mol. The minimum absolute atomic E-state index is 0.843. The average molecular weight is 197 g/mol. The molecule has 2 aliphatic rings. The molecule has 74 valence electrons. The predicted octanol–water partition coefficient (Wildman–Crippen LogP) is 3.35. The van der Waals surface area contributed by atoms with E-state index in [1.165, 1.54) is 43.6 Å². The zero-order valence-corrected chi connectivity index (χ0v) is 9.28. The highest BCUT2D eigenvalue weighted by molar-refractivity contribution is 8.13. The van der Waals surface area contributed by atoms with Gasteiger partial charge < -0.3 is 0 Å². The van der Waals surface area contributed by atoms with E-state index in [9.17, 15) is 0 Å². The van der Waals surface area contributed by atoms with Crippen LogP contribution in [0, 0.1) is 11.8 Å². The van der Waals surface area contributed by atoms with E-state index in [-0.39, 0.29) is 0 Å². The summed E-state index contributed by atoms with van der Waals surface area (Å²) in [7, 11) is 0. The van der Waals surface area contributed by atoms with Crippen LogP contribution in [0.3, 0.4) is 0 Å². The maximum absolute atomic E-state index is 4.59. The molecular formula is C11H19NS. The summed E-state index contributed by atoms with van der Waals surface area (Å²) in [5.74, 6) is 1.82. The number of hydrogen-bond donors (Lipinski definition) is 0. The molecule has 2 heteroatoms. The third kappa shape index (κ3) is 2.09. The fraction of sp³-hybridized carbons (Fsp3) is 0.909. The van der Waals surface area contributed by atoms with E-state index < -0.39 is 0 Å². The Hall–Kier alpha value is 0.0200. The van der Waals surface area contributed by atoms with Crippen LogP contribution in [0.4, 0.5) is 0 Å². The fourth-order valence-electron chi connectivity index (χ4n) is 2.74. The van der Waals surface area contributed by atoms with Crippen molar-refractivity contribution < 1.29 is 0 Å². The highest BCUT2D eigenvalue weighted by Gasteiger charge is 2.29. The summed E-state index contributed by atoms with van der Waals surface area (Å²) in [4.78, 5) is 4.59. The van der Waals surface area contributed by atoms with Crippen LogP contribution in [-0.2, 0) is 0 Å². The number of hydrogen-bond acceptors (Lipinski definition) is 2. The second-order valence-corrected chi connectivity index (χ2v) is 5.04. The molecule has 1 heterocycles. The van der Waals surface area contributed by atoms with Crippen molar-refractivity contribution in [3.05, 3.63) is 0 Å². The highest BCUT2D eigenvalue weighted by atomic mass is 32.2. The molecule has 1 fully saturated rings. The zero-order chi connectivity index (χ0) is 9.10. The molecule has 0 aromatic carbocycles. The van der Waals surface area contributed by atoms with E-state index in [0.717, 1.165) is 18.4 Å². The van der Waals surface area contributed by atoms with Gasteiger partial charge in [-0.2, -0.15) is 0 Å². The minimum atomic E-state index is 0.843. The molecule has 1 aliphatic heterocycles. The van der Waals surface area contributed by atoms with Crippen LogP contribution in [-0.4, -0.2) is 17.8 Å². The summed E-state index contributed by atoms with van der Waals surface area (Å²) in [5.41, 5.74) is 0. The summed E-state index contributed by atoms with van der Waals surface area (Å²) in [6, 6.07) is 0. The Morgan fingerprint density at radius 1 is 1.15 bits per heavy atom. The van der Waals surface area contributed by atoms with Crippen molar-refractivity contribution in [2.24, 2.45) is 16.8 Å². The van der Waals surface area contributed by atoms with Gasteiger partial charge in [0.25, 0.3) is 0 Å². The summed E-state index contributed by atoms with van der Waals surface area (Å²) < 4.78 is 0. The molecule has 0 radical (unpaired) electrons. The number of nitrogens with zero attached hydrogens (tertiary/aromatic N) is 1. The summed E-state index contributed by atoms with van der Waals surface area (Å²) in [5, 5.41) is 1.45. The summed E-state index contributed by atoms with van der Waals surface area (Å²) >= 11 is 1.88. The molecule has 1 saturated carbocycles. The molecule has 1 nitrogen and oxygen atoms in total. The Kier molecular flexibility index (Phi) is 3.31. The molecule has 1 aliphatic carbocycles. The Morgan fingerprint density at radius 3 is 2.62 bits per heavy atom. The van der Waals surface area contributed by atoms with Crippen LogP contribution in [0.1, 0.15) is 38.5 Å². The molecule has 0 N–H and O–H groups in total. The van der Waals surface area contributed by atoms with Gasteiger partial charge in [0, 0.05) is 12.5 Å². The van der Waals surface area contributed by atoms with Gasteiger partial charge in [-0.25, -0.2) is 0 Å². The lowest BCUT2D eigenvalue weighted by atomic mass is 9.80. The van der Waals surface area contributed by atoms with Gasteiger partial charge in [-0.05, 0) is 31.4 Å². The van der Waals surface area contributed by atoms with Crippen molar-refractivity contribution in [1.29, 1.82) is 0 Å². The lowest BCUT2D eigenvalue weighted by Crippen LogP contribution is -2.21. The minimum Gasteiger partial charge on any atom is -0.283 e. The third-order valence-electron chi connectivity index (χ3n) is 3.45. The zero-order valence-electron chi connectivity index (χ0n) is 8.46. The first-order valence-electron chi connectivity index (χ1n) is 5.50. The first-order valence-corrected chi connectivity index (χ1v) is 6.72. The van der Waals surface area contributed by atoms with Gasteiger partial charge in [0.15, 0.2) is 0 Å². The first kappa shape index (κ1) is 9.57. The van der Waals surface area contributed by atoms with Gasteiger partial charge in [0.2, 0.25) is 0 Å².